The molecule has 37 heavy (non-hydrogen) atoms. The van der Waals surface area contributed by atoms with Crippen LogP contribution in [0.25, 0.3) is 16.9 Å². The Bertz CT molecular complexity index is 1260. The van der Waals surface area contributed by atoms with Crippen LogP contribution in [0.3, 0.4) is 0 Å². The fourth-order valence-corrected chi connectivity index (χ4v) is 4.94. The van der Waals surface area contributed by atoms with Gasteiger partial charge in [0.2, 0.25) is 0 Å². The number of aromatic nitrogens is 1. The maximum Gasteiger partial charge on any atom is 0.256 e. The van der Waals surface area contributed by atoms with Gasteiger partial charge in [0.1, 0.15) is 0 Å². The number of piperazine rings is 1. The van der Waals surface area contributed by atoms with Crippen LogP contribution < -0.4 is 10.6 Å². The van der Waals surface area contributed by atoms with E-state index in [9.17, 15) is 4.79 Å². The first-order valence-electron chi connectivity index (χ1n) is 12.3. The van der Waals surface area contributed by atoms with E-state index in [1.807, 2.05) is 53.4 Å². The molecule has 4 aromatic rings. The Hall–Kier alpha value is -3.09. The predicted octanol–water partition coefficient (Wildman–Crippen LogP) is 5.50. The van der Waals surface area contributed by atoms with Gasteiger partial charge in [-0.3, -0.25) is 4.79 Å². The van der Waals surface area contributed by atoms with E-state index in [0.29, 0.717) is 6.54 Å². The average Bonchev–Trinajstić information content (AvgIpc) is 3.27. The minimum atomic E-state index is 0. The summed E-state index contributed by atoms with van der Waals surface area (Å²) < 4.78 is 2.20. The largest absolute Gasteiger partial charge is 0.332 e. The van der Waals surface area contributed by atoms with Gasteiger partial charge in [-0.2, -0.15) is 0 Å². The minimum absolute atomic E-state index is 0. The molecular weight excluding hydrogens is 503 g/mol. The molecule has 0 bridgehead atoms. The van der Waals surface area contributed by atoms with Gasteiger partial charge in [-0.1, -0.05) is 78.9 Å². The Labute approximate surface area is 231 Å². The summed E-state index contributed by atoms with van der Waals surface area (Å²) in [5.41, 5.74) is 6.11. The molecule has 0 saturated carbocycles. The fraction of sp³-hybridized carbons (Fsp3) is 0.233. The quantitative estimate of drug-likeness (QED) is 0.328. The monoisotopic (exact) mass is 536 g/mol. The molecule has 0 unspecified atom stereocenters. The molecule has 1 amide bonds. The molecule has 1 aromatic heterocycles. The van der Waals surface area contributed by atoms with E-state index < -0.39 is 0 Å². The summed E-state index contributed by atoms with van der Waals surface area (Å²) in [7, 11) is 0. The third-order valence-corrected chi connectivity index (χ3v) is 6.64. The minimum Gasteiger partial charge on any atom is -0.332 e. The SMILES string of the molecule is Cc1cc(C(=O)N2CCNC[C@H]2CNCc2ccccc2)c(-c2ccccc2)n1-c1ccccc1.Cl.Cl. The molecular formula is C30H34Cl2N4O. The number of hydrogen-bond acceptors (Lipinski definition) is 3. The van der Waals surface area contributed by atoms with Gasteiger partial charge in [-0.25, -0.2) is 0 Å². The van der Waals surface area contributed by atoms with Crippen LogP contribution in [-0.4, -0.2) is 47.6 Å². The van der Waals surface area contributed by atoms with Crippen molar-refractivity contribution >= 4 is 30.7 Å². The highest BCUT2D eigenvalue weighted by atomic mass is 35.5. The highest BCUT2D eigenvalue weighted by Gasteiger charge is 2.31. The highest BCUT2D eigenvalue weighted by Crippen LogP contribution is 2.32. The Morgan fingerprint density at radius 3 is 2.22 bits per heavy atom. The molecule has 7 heteroatoms. The van der Waals surface area contributed by atoms with Crippen LogP contribution in [0.1, 0.15) is 21.6 Å². The predicted molar refractivity (Wildman–Crippen MR) is 156 cm³/mol. The number of halogens is 2. The summed E-state index contributed by atoms with van der Waals surface area (Å²) in [6, 6.07) is 33.0. The number of carbonyl (C=O) groups is 1. The molecule has 1 aliphatic rings. The van der Waals surface area contributed by atoms with E-state index in [1.165, 1.54) is 5.56 Å². The Kier molecular flexibility index (Phi) is 10.4. The lowest BCUT2D eigenvalue weighted by molar-refractivity contribution is 0.0635. The summed E-state index contributed by atoms with van der Waals surface area (Å²) in [6.45, 7) is 5.89. The first-order chi connectivity index (χ1) is 17.2. The maximum atomic E-state index is 14.1. The van der Waals surface area contributed by atoms with Gasteiger partial charge in [0.05, 0.1) is 17.3 Å². The van der Waals surface area contributed by atoms with Crippen molar-refractivity contribution in [2.45, 2.75) is 19.5 Å². The molecule has 2 heterocycles. The summed E-state index contributed by atoms with van der Waals surface area (Å²) in [5.74, 6) is 0.0923. The standard InChI is InChI=1S/C30H32N4O.2ClH/c1-23-19-28(29(25-13-7-3-8-14-25)34(23)26-15-9-4-10-16-26)30(35)33-18-17-31-21-27(33)22-32-20-24-11-5-2-6-12-24;;/h2-16,19,27,31-32H,17-18,20-22H2,1H3;2*1H/t27-;;/m0../s1. The first kappa shape index (κ1) is 28.5. The topological polar surface area (TPSA) is 49.3 Å². The highest BCUT2D eigenvalue weighted by molar-refractivity contribution is 6.01. The Morgan fingerprint density at radius 1 is 0.919 bits per heavy atom. The van der Waals surface area contributed by atoms with Crippen LogP contribution in [0.5, 0.6) is 0 Å². The number of nitrogens with one attached hydrogen (secondary N) is 2. The van der Waals surface area contributed by atoms with Gasteiger partial charge in [0, 0.05) is 44.1 Å². The molecule has 0 spiro atoms. The molecule has 194 valence electrons. The molecule has 1 aliphatic heterocycles. The number of aryl methyl sites for hydroxylation is 1. The van der Waals surface area contributed by atoms with E-state index in [1.54, 1.807) is 0 Å². The first-order valence-corrected chi connectivity index (χ1v) is 12.3. The van der Waals surface area contributed by atoms with Gasteiger partial charge in [0.15, 0.2) is 0 Å². The van der Waals surface area contributed by atoms with E-state index in [0.717, 1.165) is 54.4 Å². The van der Waals surface area contributed by atoms with Crippen LogP contribution in [0.4, 0.5) is 0 Å². The zero-order valence-electron chi connectivity index (χ0n) is 21.0. The summed E-state index contributed by atoms with van der Waals surface area (Å²) in [5, 5.41) is 7.03. The number of carbonyl (C=O) groups excluding carboxylic acids is 1. The van der Waals surface area contributed by atoms with E-state index in [2.05, 4.69) is 70.7 Å². The zero-order valence-corrected chi connectivity index (χ0v) is 22.6. The average molecular weight is 538 g/mol. The van der Waals surface area contributed by atoms with Gasteiger partial charge in [-0.05, 0) is 36.2 Å². The Morgan fingerprint density at radius 2 is 1.54 bits per heavy atom. The van der Waals surface area contributed by atoms with E-state index in [4.69, 9.17) is 0 Å². The Balaban J connectivity index is 0.00000190. The van der Waals surface area contributed by atoms with Crippen molar-refractivity contribution < 1.29 is 4.79 Å². The molecule has 5 nitrogen and oxygen atoms in total. The number of nitrogens with zero attached hydrogens (tertiary/aromatic N) is 2. The number of rotatable bonds is 7. The molecule has 1 atom stereocenters. The van der Waals surface area contributed by atoms with Gasteiger partial charge in [0.25, 0.3) is 5.91 Å². The van der Waals surface area contributed by atoms with Crippen LogP contribution in [0.2, 0.25) is 0 Å². The van der Waals surface area contributed by atoms with Crippen molar-refractivity contribution in [1.82, 2.24) is 20.1 Å². The molecule has 3 aromatic carbocycles. The summed E-state index contributed by atoms with van der Waals surface area (Å²) in [4.78, 5) is 16.1. The van der Waals surface area contributed by atoms with E-state index in [-0.39, 0.29) is 36.8 Å². The summed E-state index contributed by atoms with van der Waals surface area (Å²) >= 11 is 0. The van der Waals surface area contributed by atoms with Crippen LogP contribution in [0.15, 0.2) is 97.1 Å². The number of para-hydroxylation sites is 1. The van der Waals surface area contributed by atoms with Gasteiger partial charge >= 0.3 is 0 Å². The number of amides is 1. The van der Waals surface area contributed by atoms with Crippen LogP contribution >= 0.6 is 24.8 Å². The lowest BCUT2D eigenvalue weighted by atomic mass is 10.0. The smallest absolute Gasteiger partial charge is 0.256 e. The van der Waals surface area contributed by atoms with Crippen molar-refractivity contribution in [3.63, 3.8) is 0 Å². The molecule has 5 rings (SSSR count). The lowest BCUT2D eigenvalue weighted by Gasteiger charge is -2.36. The second-order valence-corrected chi connectivity index (χ2v) is 9.06. The lowest BCUT2D eigenvalue weighted by Crippen LogP contribution is -2.57. The zero-order chi connectivity index (χ0) is 24.0. The van der Waals surface area contributed by atoms with Crippen LogP contribution in [-0.2, 0) is 6.54 Å². The van der Waals surface area contributed by atoms with Crippen molar-refractivity contribution in [2.75, 3.05) is 26.2 Å². The molecule has 0 aliphatic carbocycles. The normalized spacial score (nSPS) is 14.9. The second-order valence-electron chi connectivity index (χ2n) is 9.06. The van der Waals surface area contributed by atoms with Crippen molar-refractivity contribution in [2.24, 2.45) is 0 Å². The van der Waals surface area contributed by atoms with Crippen LogP contribution in [0, 0.1) is 6.92 Å². The van der Waals surface area contributed by atoms with Gasteiger partial charge < -0.3 is 20.1 Å². The van der Waals surface area contributed by atoms with Gasteiger partial charge in [-0.15, -0.1) is 24.8 Å². The summed E-state index contributed by atoms with van der Waals surface area (Å²) in [6.07, 6.45) is 0. The van der Waals surface area contributed by atoms with Crippen molar-refractivity contribution in [3.05, 3.63) is 114 Å². The second kappa shape index (κ2) is 13.5. The molecule has 1 saturated heterocycles. The van der Waals surface area contributed by atoms with Crippen molar-refractivity contribution in [3.8, 4) is 16.9 Å². The fourth-order valence-electron chi connectivity index (χ4n) is 4.94. The molecule has 1 fully saturated rings. The molecule has 0 radical (unpaired) electrons. The third kappa shape index (κ3) is 6.43. The maximum absolute atomic E-state index is 14.1. The number of benzene rings is 3. The third-order valence-electron chi connectivity index (χ3n) is 6.64. The molecule has 2 N–H and O–H groups in total. The van der Waals surface area contributed by atoms with E-state index >= 15 is 0 Å². The van der Waals surface area contributed by atoms with Crippen molar-refractivity contribution in [1.29, 1.82) is 0 Å². The number of hydrogen-bond donors (Lipinski definition) is 2.